The van der Waals surface area contributed by atoms with Gasteiger partial charge in [0.1, 0.15) is 0 Å². The van der Waals surface area contributed by atoms with E-state index in [9.17, 15) is 0 Å². The molecule has 3 atom stereocenters. The molecule has 0 aromatic rings. The lowest BCUT2D eigenvalue weighted by molar-refractivity contribution is 0.164. The molecule has 21 heavy (non-hydrogen) atoms. The van der Waals surface area contributed by atoms with Crippen LogP contribution >= 0.6 is 0 Å². The molecule has 0 aliphatic carbocycles. The minimum Gasteiger partial charge on any atom is -0.379 e. The van der Waals surface area contributed by atoms with Gasteiger partial charge in [-0.3, -0.25) is 0 Å². The van der Waals surface area contributed by atoms with Crippen LogP contribution < -0.4 is 5.32 Å². The van der Waals surface area contributed by atoms with Gasteiger partial charge < -0.3 is 15.0 Å². The van der Waals surface area contributed by atoms with Gasteiger partial charge in [-0.1, -0.05) is 27.7 Å². The lowest BCUT2D eigenvalue weighted by Gasteiger charge is -2.30. The molecule has 2 rings (SSSR count). The van der Waals surface area contributed by atoms with Crippen molar-refractivity contribution in [2.24, 2.45) is 17.3 Å². The number of hydrogen-bond donors (Lipinski definition) is 1. The van der Waals surface area contributed by atoms with E-state index < -0.39 is 0 Å². The first-order chi connectivity index (χ1) is 10.0. The summed E-state index contributed by atoms with van der Waals surface area (Å²) < 4.78 is 5.73. The highest BCUT2D eigenvalue weighted by atomic mass is 16.5. The molecule has 2 fully saturated rings. The number of hydrogen-bond acceptors (Lipinski definition) is 3. The van der Waals surface area contributed by atoms with Crippen LogP contribution in [0.4, 0.5) is 0 Å². The molecule has 0 amide bonds. The number of ether oxygens (including phenoxy) is 1. The minimum absolute atomic E-state index is 0.470. The fraction of sp³-hybridized carbons (Fsp3) is 1.00. The third-order valence-corrected chi connectivity index (χ3v) is 5.39. The van der Waals surface area contributed by atoms with E-state index in [1.165, 1.54) is 45.3 Å². The monoisotopic (exact) mass is 296 g/mol. The van der Waals surface area contributed by atoms with E-state index in [0.29, 0.717) is 17.4 Å². The van der Waals surface area contributed by atoms with Crippen LogP contribution in [-0.4, -0.2) is 50.3 Å². The summed E-state index contributed by atoms with van der Waals surface area (Å²) in [7, 11) is 0. The summed E-state index contributed by atoms with van der Waals surface area (Å²) in [5.41, 5.74) is 0.470. The molecule has 3 heteroatoms. The van der Waals surface area contributed by atoms with Gasteiger partial charge in [-0.05, 0) is 56.7 Å². The van der Waals surface area contributed by atoms with Gasteiger partial charge in [0.25, 0.3) is 0 Å². The Morgan fingerprint density at radius 1 is 1.14 bits per heavy atom. The molecule has 2 aliphatic heterocycles. The van der Waals surface area contributed by atoms with Crippen molar-refractivity contribution < 1.29 is 4.74 Å². The van der Waals surface area contributed by atoms with E-state index in [1.54, 1.807) is 0 Å². The average Bonchev–Trinajstić information content (AvgIpc) is 2.70. The minimum atomic E-state index is 0.470. The van der Waals surface area contributed by atoms with Crippen molar-refractivity contribution in [2.75, 3.05) is 39.4 Å². The van der Waals surface area contributed by atoms with Crippen molar-refractivity contribution in [1.29, 1.82) is 0 Å². The molecule has 0 spiro atoms. The van der Waals surface area contributed by atoms with Crippen molar-refractivity contribution in [1.82, 2.24) is 10.2 Å². The first kappa shape index (κ1) is 17.2. The fourth-order valence-electron chi connectivity index (χ4n) is 3.87. The van der Waals surface area contributed by atoms with Crippen molar-refractivity contribution in [3.8, 4) is 0 Å². The van der Waals surface area contributed by atoms with Gasteiger partial charge in [-0.15, -0.1) is 0 Å². The number of rotatable bonds is 5. The van der Waals surface area contributed by atoms with E-state index in [1.807, 2.05) is 0 Å². The van der Waals surface area contributed by atoms with Crippen molar-refractivity contribution in [3.05, 3.63) is 0 Å². The Hall–Kier alpha value is -0.120. The Bertz CT molecular complexity index is 300. The molecule has 0 bridgehead atoms. The highest BCUT2D eigenvalue weighted by Crippen LogP contribution is 2.34. The Kier molecular flexibility index (Phi) is 6.51. The van der Waals surface area contributed by atoms with E-state index in [0.717, 1.165) is 25.7 Å². The zero-order chi connectivity index (χ0) is 15.3. The van der Waals surface area contributed by atoms with E-state index >= 15 is 0 Å². The first-order valence-corrected chi connectivity index (χ1v) is 9.04. The van der Waals surface area contributed by atoms with Crippen LogP contribution in [0.2, 0.25) is 0 Å². The molecule has 2 aliphatic rings. The maximum atomic E-state index is 5.73. The van der Waals surface area contributed by atoms with Gasteiger partial charge in [0, 0.05) is 18.5 Å². The summed E-state index contributed by atoms with van der Waals surface area (Å²) in [6, 6.07) is 0.576. The molecule has 0 saturated carbocycles. The second kappa shape index (κ2) is 7.94. The van der Waals surface area contributed by atoms with Crippen LogP contribution in [0.1, 0.15) is 53.4 Å². The molecule has 124 valence electrons. The van der Waals surface area contributed by atoms with Crippen LogP contribution in [0.15, 0.2) is 0 Å². The van der Waals surface area contributed by atoms with Crippen LogP contribution in [-0.2, 0) is 4.74 Å². The summed E-state index contributed by atoms with van der Waals surface area (Å²) in [5, 5.41) is 3.67. The first-order valence-electron chi connectivity index (χ1n) is 9.04. The van der Waals surface area contributed by atoms with Crippen molar-refractivity contribution in [2.45, 2.75) is 59.4 Å². The van der Waals surface area contributed by atoms with Gasteiger partial charge in [-0.2, -0.15) is 0 Å². The van der Waals surface area contributed by atoms with Gasteiger partial charge in [-0.25, -0.2) is 0 Å². The number of nitrogens with zero attached hydrogens (tertiary/aromatic N) is 1. The van der Waals surface area contributed by atoms with E-state index in [2.05, 4.69) is 37.9 Å². The molecule has 3 unspecified atom stereocenters. The molecule has 2 saturated heterocycles. The summed E-state index contributed by atoms with van der Waals surface area (Å²) in [5.74, 6) is 1.57. The number of likely N-dealkylation sites (tertiary alicyclic amines) is 1. The Balaban J connectivity index is 1.80. The highest BCUT2D eigenvalue weighted by molar-refractivity contribution is 4.85. The maximum Gasteiger partial charge on any atom is 0.0623 e. The zero-order valence-corrected chi connectivity index (χ0v) is 14.7. The SMILES string of the molecule is CCCNC1COCC1CN1CCCC(C(C)(C)C)CC1. The molecule has 0 aromatic heterocycles. The predicted octanol–water partition coefficient (Wildman–Crippen LogP) is 3.15. The van der Waals surface area contributed by atoms with Gasteiger partial charge in [0.15, 0.2) is 0 Å². The molecule has 0 radical (unpaired) electrons. The normalized spacial score (nSPS) is 32.3. The Morgan fingerprint density at radius 2 is 1.95 bits per heavy atom. The molecular formula is C18H36N2O. The second-order valence-electron chi connectivity index (χ2n) is 8.15. The van der Waals surface area contributed by atoms with E-state index in [-0.39, 0.29) is 0 Å². The van der Waals surface area contributed by atoms with Crippen LogP contribution in [0.25, 0.3) is 0 Å². The van der Waals surface area contributed by atoms with Crippen molar-refractivity contribution >= 4 is 0 Å². The largest absolute Gasteiger partial charge is 0.379 e. The van der Waals surface area contributed by atoms with Gasteiger partial charge in [0.05, 0.1) is 13.2 Å². The topological polar surface area (TPSA) is 24.5 Å². The maximum absolute atomic E-state index is 5.73. The Labute approximate surface area is 131 Å². The molecular weight excluding hydrogens is 260 g/mol. The Morgan fingerprint density at radius 3 is 2.67 bits per heavy atom. The summed E-state index contributed by atoms with van der Waals surface area (Å²) in [4.78, 5) is 2.70. The third-order valence-electron chi connectivity index (χ3n) is 5.39. The predicted molar refractivity (Wildman–Crippen MR) is 89.6 cm³/mol. The quantitative estimate of drug-likeness (QED) is 0.843. The van der Waals surface area contributed by atoms with Crippen molar-refractivity contribution in [3.63, 3.8) is 0 Å². The summed E-state index contributed by atoms with van der Waals surface area (Å²) in [6.07, 6.45) is 5.34. The lowest BCUT2D eigenvalue weighted by atomic mass is 9.77. The lowest BCUT2D eigenvalue weighted by Crippen LogP contribution is -2.42. The van der Waals surface area contributed by atoms with Crippen LogP contribution in [0, 0.1) is 17.3 Å². The van der Waals surface area contributed by atoms with Crippen LogP contribution in [0.3, 0.4) is 0 Å². The smallest absolute Gasteiger partial charge is 0.0623 e. The fourth-order valence-corrected chi connectivity index (χ4v) is 3.87. The third kappa shape index (κ3) is 5.22. The average molecular weight is 296 g/mol. The molecule has 2 heterocycles. The van der Waals surface area contributed by atoms with Crippen LogP contribution in [0.5, 0.6) is 0 Å². The highest BCUT2D eigenvalue weighted by Gasteiger charge is 2.31. The molecule has 3 nitrogen and oxygen atoms in total. The summed E-state index contributed by atoms with van der Waals surface area (Å²) >= 11 is 0. The molecule has 0 aromatic carbocycles. The number of nitrogens with one attached hydrogen (secondary N) is 1. The summed E-state index contributed by atoms with van der Waals surface area (Å²) in [6.45, 7) is 16.2. The second-order valence-corrected chi connectivity index (χ2v) is 8.15. The van der Waals surface area contributed by atoms with Gasteiger partial charge >= 0.3 is 0 Å². The van der Waals surface area contributed by atoms with E-state index in [4.69, 9.17) is 4.74 Å². The van der Waals surface area contributed by atoms with Gasteiger partial charge in [0.2, 0.25) is 0 Å². The molecule has 1 N–H and O–H groups in total. The standard InChI is InChI=1S/C18H36N2O/c1-5-9-19-17-14-21-13-15(17)12-20-10-6-7-16(8-11-20)18(2,3)4/h15-17,19H,5-14H2,1-4H3. The zero-order valence-electron chi connectivity index (χ0n) is 14.7.